The second-order valence-electron chi connectivity index (χ2n) is 18.0. The second kappa shape index (κ2) is 25.9. The molecule has 2 saturated carbocycles. The summed E-state index contributed by atoms with van der Waals surface area (Å²) in [5.41, 5.74) is 0.235. The molecule has 14 heteroatoms. The Bertz CT molecular complexity index is 1390. The van der Waals surface area contributed by atoms with Crippen molar-refractivity contribution in [1.82, 2.24) is 0 Å². The van der Waals surface area contributed by atoms with Gasteiger partial charge in [0.15, 0.2) is 24.8 Å². The van der Waals surface area contributed by atoms with E-state index in [0.29, 0.717) is 12.8 Å². The third kappa shape index (κ3) is 14.6. The lowest BCUT2D eigenvalue weighted by atomic mass is 9.85. The Kier molecular flexibility index (Phi) is 21.1. The van der Waals surface area contributed by atoms with Crippen molar-refractivity contribution in [3.63, 3.8) is 0 Å². The van der Waals surface area contributed by atoms with E-state index in [1.165, 1.54) is 38.5 Å². The molecule has 1 aromatic carbocycles. The Hall–Kier alpha value is -2.24. The zero-order valence-electron chi connectivity index (χ0n) is 36.8. The number of unbranched alkanes of at least 4 members (excludes halogenated alkanes) is 9. The lowest BCUT2D eigenvalue weighted by Gasteiger charge is -2.47. The normalized spacial score (nSPS) is 34.1. The summed E-state index contributed by atoms with van der Waals surface area (Å²) in [5.74, 6) is -1.22. The van der Waals surface area contributed by atoms with Crippen molar-refractivity contribution in [3.05, 3.63) is 35.9 Å². The van der Waals surface area contributed by atoms with Crippen molar-refractivity contribution in [2.45, 2.75) is 222 Å². The van der Waals surface area contributed by atoms with E-state index in [1.807, 2.05) is 6.92 Å². The first-order chi connectivity index (χ1) is 29.5. The number of rotatable bonds is 23. The molecule has 14 atom stereocenters. The van der Waals surface area contributed by atoms with Crippen LogP contribution in [0.5, 0.6) is 0 Å². The van der Waals surface area contributed by atoms with Gasteiger partial charge in [0.2, 0.25) is 0 Å². The van der Waals surface area contributed by atoms with Crippen LogP contribution in [0.2, 0.25) is 0 Å². The van der Waals surface area contributed by atoms with Crippen molar-refractivity contribution in [1.29, 1.82) is 0 Å². The Morgan fingerprint density at radius 1 is 0.705 bits per heavy atom. The highest BCUT2D eigenvalue weighted by Crippen LogP contribution is 2.37. The van der Waals surface area contributed by atoms with Gasteiger partial charge in [-0.3, -0.25) is 0 Å². The van der Waals surface area contributed by atoms with Gasteiger partial charge in [0.25, 0.3) is 0 Å². The lowest BCUT2D eigenvalue weighted by molar-refractivity contribution is -0.348. The summed E-state index contributed by atoms with van der Waals surface area (Å²) in [5, 5.41) is 54.0. The van der Waals surface area contributed by atoms with Crippen LogP contribution in [0.1, 0.15) is 153 Å². The minimum absolute atomic E-state index is 0.126. The summed E-state index contributed by atoms with van der Waals surface area (Å²) in [6.07, 6.45) is 2.88. The Morgan fingerprint density at radius 3 is 2.05 bits per heavy atom. The average molecular weight is 865 g/mol. The molecule has 0 bridgehead atoms. The monoisotopic (exact) mass is 865 g/mol. The molecule has 1 aromatic rings. The maximum absolute atomic E-state index is 14.0. The Balaban J connectivity index is 1.34. The van der Waals surface area contributed by atoms with Gasteiger partial charge >= 0.3 is 11.9 Å². The molecule has 4 aliphatic rings. The summed E-state index contributed by atoms with van der Waals surface area (Å²) >= 11 is 0. The fourth-order valence-electron chi connectivity index (χ4n) is 9.33. The molecule has 0 radical (unpaired) electrons. The van der Waals surface area contributed by atoms with Crippen LogP contribution in [0.4, 0.5) is 0 Å². The largest absolute Gasteiger partial charge is 0.464 e. The van der Waals surface area contributed by atoms with Crippen LogP contribution in [0.3, 0.4) is 0 Å². The molecule has 2 heterocycles. The fourth-order valence-corrected chi connectivity index (χ4v) is 9.33. The molecule has 2 aliphatic heterocycles. The molecule has 4 fully saturated rings. The number of ether oxygens (including phenoxy) is 7. The molecule has 348 valence electrons. The van der Waals surface area contributed by atoms with Crippen molar-refractivity contribution < 1.29 is 68.3 Å². The number of carbonyl (C=O) groups is 2. The molecule has 0 aromatic heterocycles. The summed E-state index contributed by atoms with van der Waals surface area (Å²) < 4.78 is 43.6. The van der Waals surface area contributed by atoms with E-state index in [-0.39, 0.29) is 24.0 Å². The number of esters is 2. The summed E-state index contributed by atoms with van der Waals surface area (Å²) in [6, 6.07) is 8.34. The zero-order chi connectivity index (χ0) is 43.7. The van der Waals surface area contributed by atoms with Gasteiger partial charge in [-0.2, -0.15) is 0 Å². The number of hydrogen-bond donors (Lipinski definition) is 5. The molecule has 4 unspecified atom stereocenters. The van der Waals surface area contributed by atoms with Crippen molar-refractivity contribution >= 4 is 11.9 Å². The van der Waals surface area contributed by atoms with Gasteiger partial charge < -0.3 is 58.7 Å². The van der Waals surface area contributed by atoms with Gasteiger partial charge in [-0.1, -0.05) is 128 Å². The average Bonchev–Trinajstić information content (AvgIpc) is 3.27. The van der Waals surface area contributed by atoms with E-state index < -0.39 is 98.3 Å². The summed E-state index contributed by atoms with van der Waals surface area (Å²) in [6.45, 7) is 5.37. The quantitative estimate of drug-likeness (QED) is 0.0644. The van der Waals surface area contributed by atoms with Gasteiger partial charge in [-0.05, 0) is 56.6 Å². The van der Waals surface area contributed by atoms with E-state index in [1.54, 1.807) is 37.3 Å². The van der Waals surface area contributed by atoms with Crippen LogP contribution >= 0.6 is 0 Å². The molecule has 0 spiro atoms. The first-order valence-corrected chi connectivity index (χ1v) is 23.5. The number of carbonyl (C=O) groups excluding carboxylic acids is 2. The van der Waals surface area contributed by atoms with Crippen LogP contribution in [0, 0.1) is 11.8 Å². The molecule has 2 saturated heterocycles. The third-order valence-electron chi connectivity index (χ3n) is 13.1. The second-order valence-corrected chi connectivity index (χ2v) is 18.0. The Morgan fingerprint density at radius 2 is 1.38 bits per heavy atom. The number of hydrogen-bond acceptors (Lipinski definition) is 14. The predicted octanol–water partition coefficient (Wildman–Crippen LogP) is 5.90. The SMILES string of the molecule is CCCCCCCCCCCCOC(=O)[C@H](CC1CCCCC1)OC1C(OC(=O)c2ccccc2)[C@H](O[C@@H]2CCC[C@@H](C)[C@H]2OC2OC(C)[C@H](O)[C@H](O)[C@@H]2O)O[C@@H](CO)[C@@H]1O. The van der Waals surface area contributed by atoms with Crippen molar-refractivity contribution in [3.8, 4) is 0 Å². The predicted molar refractivity (Wildman–Crippen MR) is 225 cm³/mol. The zero-order valence-corrected chi connectivity index (χ0v) is 36.8. The molecular weight excluding hydrogens is 789 g/mol. The highest BCUT2D eigenvalue weighted by molar-refractivity contribution is 5.89. The van der Waals surface area contributed by atoms with Crippen LogP contribution in [-0.2, 0) is 38.0 Å². The minimum Gasteiger partial charge on any atom is -0.464 e. The molecule has 14 nitrogen and oxygen atoms in total. The van der Waals surface area contributed by atoms with Gasteiger partial charge in [0.1, 0.15) is 36.6 Å². The lowest BCUT2D eigenvalue weighted by Crippen LogP contribution is -2.64. The first-order valence-electron chi connectivity index (χ1n) is 23.5. The third-order valence-corrected chi connectivity index (χ3v) is 13.1. The van der Waals surface area contributed by atoms with Crippen LogP contribution in [0.15, 0.2) is 30.3 Å². The summed E-state index contributed by atoms with van der Waals surface area (Å²) in [4.78, 5) is 27.8. The van der Waals surface area contributed by atoms with Crippen molar-refractivity contribution in [2.75, 3.05) is 13.2 Å². The molecule has 2 aliphatic carbocycles. The molecule has 61 heavy (non-hydrogen) atoms. The Labute approximate surface area is 362 Å². The molecule has 0 amide bonds. The smallest absolute Gasteiger partial charge is 0.338 e. The maximum Gasteiger partial charge on any atom is 0.338 e. The van der Waals surface area contributed by atoms with Crippen LogP contribution in [0.25, 0.3) is 0 Å². The maximum atomic E-state index is 14.0. The van der Waals surface area contributed by atoms with E-state index in [0.717, 1.165) is 70.6 Å². The van der Waals surface area contributed by atoms with Gasteiger partial charge in [-0.15, -0.1) is 0 Å². The summed E-state index contributed by atoms with van der Waals surface area (Å²) in [7, 11) is 0. The minimum atomic E-state index is -1.54. The first kappa shape index (κ1) is 49.8. The fraction of sp³-hybridized carbons (Fsp3) is 0.830. The number of aliphatic hydroxyl groups excluding tert-OH is 5. The van der Waals surface area contributed by atoms with Gasteiger partial charge in [0.05, 0.1) is 37.1 Å². The van der Waals surface area contributed by atoms with E-state index in [9.17, 15) is 35.1 Å². The van der Waals surface area contributed by atoms with Gasteiger partial charge in [0, 0.05) is 0 Å². The topological polar surface area (TPSA) is 200 Å². The molecule has 5 N–H and O–H groups in total. The van der Waals surface area contributed by atoms with E-state index >= 15 is 0 Å². The highest BCUT2D eigenvalue weighted by Gasteiger charge is 2.53. The van der Waals surface area contributed by atoms with Crippen LogP contribution < -0.4 is 0 Å². The van der Waals surface area contributed by atoms with E-state index in [4.69, 9.17) is 33.2 Å². The van der Waals surface area contributed by atoms with Crippen LogP contribution in [-0.4, -0.2) is 130 Å². The number of benzene rings is 1. The molecule has 5 rings (SSSR count). The van der Waals surface area contributed by atoms with Crippen molar-refractivity contribution in [2.24, 2.45) is 11.8 Å². The highest BCUT2D eigenvalue weighted by atomic mass is 16.7. The van der Waals surface area contributed by atoms with Gasteiger partial charge in [-0.25, -0.2) is 9.59 Å². The molecular formula is C47H76O14. The number of aliphatic hydroxyl groups is 5. The van der Waals surface area contributed by atoms with E-state index in [2.05, 4.69) is 6.92 Å². The standard InChI is InChI=1S/C47H76O14/c1-4-5-6-7-8-9-10-11-12-19-27-55-45(54)35(28-32-22-15-13-16-23-32)57-42-38(50)36(29-48)59-47(43(42)60-44(53)33-24-17-14-18-25-33)58-34-26-20-21-30(2)41(34)61-46-40(52)39(51)37(49)31(3)56-46/h14,17-18,24-25,30-32,34-43,46-52H,4-13,15-16,19-23,26-29H2,1-3H3/t30-,31?,34-,35+,36+,37+,38+,39+,40+,41-,42?,43?,46?,47-/m1/s1.